The Morgan fingerprint density at radius 3 is 2.50 bits per heavy atom. The molecule has 2 rings (SSSR count). The zero-order valence-corrected chi connectivity index (χ0v) is 8.01. The summed E-state index contributed by atoms with van der Waals surface area (Å²) in [5.74, 6) is 1.40. The van der Waals surface area contributed by atoms with Crippen LogP contribution in [0.25, 0.3) is 0 Å². The van der Waals surface area contributed by atoms with Gasteiger partial charge in [0.2, 0.25) is 0 Å². The number of rotatable bonds is 2. The minimum absolute atomic E-state index is 0.0820. The van der Waals surface area contributed by atoms with E-state index in [1.54, 1.807) is 0 Å². The second kappa shape index (κ2) is 2.71. The molecule has 2 aliphatic rings. The molecule has 2 nitrogen and oxygen atoms in total. The van der Waals surface area contributed by atoms with Crippen LogP contribution in [0.15, 0.2) is 0 Å². The number of β-amino-alcohol motifs (C(OH)–C–C–N with tert-alkyl or cyclic N) is 1. The van der Waals surface area contributed by atoms with Gasteiger partial charge < -0.3 is 10.4 Å². The Hall–Kier alpha value is -0.0800. The van der Waals surface area contributed by atoms with Gasteiger partial charge in [-0.3, -0.25) is 0 Å². The van der Waals surface area contributed by atoms with Crippen LogP contribution < -0.4 is 5.32 Å². The number of aliphatic hydroxyl groups is 1. The molecule has 0 aromatic heterocycles. The van der Waals surface area contributed by atoms with Crippen LogP contribution in [0, 0.1) is 17.3 Å². The van der Waals surface area contributed by atoms with Gasteiger partial charge in [0.05, 0.1) is 6.10 Å². The zero-order valence-electron chi connectivity index (χ0n) is 8.01. The van der Waals surface area contributed by atoms with Crippen molar-refractivity contribution in [3.63, 3.8) is 0 Å². The van der Waals surface area contributed by atoms with Gasteiger partial charge in [-0.05, 0) is 30.1 Å². The number of hydrogen-bond donors (Lipinski definition) is 2. The molecular formula is C10H19NO. The van der Waals surface area contributed by atoms with Gasteiger partial charge >= 0.3 is 0 Å². The van der Waals surface area contributed by atoms with Gasteiger partial charge in [-0.1, -0.05) is 13.8 Å². The average molecular weight is 169 g/mol. The Kier molecular flexibility index (Phi) is 1.92. The third-order valence-corrected chi connectivity index (χ3v) is 3.61. The van der Waals surface area contributed by atoms with E-state index >= 15 is 0 Å². The fourth-order valence-corrected chi connectivity index (χ4v) is 2.30. The van der Waals surface area contributed by atoms with Crippen LogP contribution >= 0.6 is 0 Å². The van der Waals surface area contributed by atoms with Gasteiger partial charge in [0, 0.05) is 13.1 Å². The van der Waals surface area contributed by atoms with Crippen LogP contribution in [0.1, 0.15) is 26.7 Å². The van der Waals surface area contributed by atoms with Crippen molar-refractivity contribution in [3.8, 4) is 0 Å². The van der Waals surface area contributed by atoms with E-state index < -0.39 is 0 Å². The van der Waals surface area contributed by atoms with Crippen LogP contribution in [0.5, 0.6) is 0 Å². The summed E-state index contributed by atoms with van der Waals surface area (Å²) >= 11 is 0. The number of aliphatic hydroxyl groups excluding tert-OH is 1. The van der Waals surface area contributed by atoms with Gasteiger partial charge in [0.25, 0.3) is 0 Å². The molecule has 2 N–H and O–H groups in total. The summed E-state index contributed by atoms with van der Waals surface area (Å²) in [4.78, 5) is 0. The van der Waals surface area contributed by atoms with Gasteiger partial charge in [0.15, 0.2) is 0 Å². The number of hydrogen-bond acceptors (Lipinski definition) is 2. The monoisotopic (exact) mass is 169 g/mol. The summed E-state index contributed by atoms with van der Waals surface area (Å²) < 4.78 is 0. The minimum Gasteiger partial charge on any atom is -0.391 e. The maximum atomic E-state index is 9.57. The summed E-state index contributed by atoms with van der Waals surface area (Å²) in [6, 6.07) is 0. The highest BCUT2D eigenvalue weighted by Crippen LogP contribution is 2.55. The zero-order chi connectivity index (χ0) is 8.77. The summed E-state index contributed by atoms with van der Waals surface area (Å²) in [6.45, 7) is 6.48. The van der Waals surface area contributed by atoms with Crippen LogP contribution in [0.4, 0.5) is 0 Å². The highest BCUT2D eigenvalue weighted by molar-refractivity contribution is 4.98. The summed E-state index contributed by atoms with van der Waals surface area (Å²) in [6.07, 6.45) is 2.50. The predicted molar refractivity (Wildman–Crippen MR) is 48.9 cm³/mol. The molecule has 12 heavy (non-hydrogen) atoms. The summed E-state index contributed by atoms with van der Waals surface area (Å²) in [5, 5.41) is 12.8. The first-order valence-electron chi connectivity index (χ1n) is 4.98. The fourth-order valence-electron chi connectivity index (χ4n) is 2.30. The predicted octanol–water partition coefficient (Wildman–Crippen LogP) is 1.00. The van der Waals surface area contributed by atoms with E-state index in [2.05, 4.69) is 19.2 Å². The quantitative estimate of drug-likeness (QED) is 0.646. The lowest BCUT2D eigenvalue weighted by atomic mass is 9.95. The van der Waals surface area contributed by atoms with E-state index in [-0.39, 0.29) is 6.10 Å². The maximum absolute atomic E-state index is 9.57. The molecule has 0 aromatic rings. The van der Waals surface area contributed by atoms with Gasteiger partial charge in [-0.15, -0.1) is 0 Å². The highest BCUT2D eigenvalue weighted by atomic mass is 16.3. The summed E-state index contributed by atoms with van der Waals surface area (Å²) in [7, 11) is 0. The van der Waals surface area contributed by atoms with Crippen molar-refractivity contribution in [2.75, 3.05) is 13.1 Å². The molecule has 1 saturated heterocycles. The molecule has 0 aromatic carbocycles. The van der Waals surface area contributed by atoms with E-state index in [0.717, 1.165) is 19.0 Å². The standard InChI is InChI=1S/C10H19NO/c1-10(2)4-8(10)3-7-5-11-6-9(7)12/h7-9,11-12H,3-6H2,1-2H3. The SMILES string of the molecule is CC1(C)CC1CC1CNCC1O. The minimum atomic E-state index is -0.0820. The van der Waals surface area contributed by atoms with Crippen molar-refractivity contribution in [2.45, 2.75) is 32.8 Å². The van der Waals surface area contributed by atoms with E-state index in [9.17, 15) is 5.11 Å². The second-order valence-corrected chi connectivity index (χ2v) is 5.11. The van der Waals surface area contributed by atoms with Crippen molar-refractivity contribution in [3.05, 3.63) is 0 Å². The lowest BCUT2D eigenvalue weighted by molar-refractivity contribution is 0.137. The normalized spacial score (nSPS) is 44.8. The van der Waals surface area contributed by atoms with Crippen LogP contribution in [0.3, 0.4) is 0 Å². The Morgan fingerprint density at radius 1 is 1.42 bits per heavy atom. The van der Waals surface area contributed by atoms with Gasteiger partial charge in [-0.2, -0.15) is 0 Å². The van der Waals surface area contributed by atoms with Gasteiger partial charge in [0.1, 0.15) is 0 Å². The third-order valence-electron chi connectivity index (χ3n) is 3.61. The Balaban J connectivity index is 1.80. The molecule has 2 fully saturated rings. The Bertz CT molecular complexity index is 179. The van der Waals surface area contributed by atoms with Crippen LogP contribution in [0.2, 0.25) is 0 Å². The van der Waals surface area contributed by atoms with Crippen molar-refractivity contribution >= 4 is 0 Å². The molecule has 0 amide bonds. The van der Waals surface area contributed by atoms with Crippen molar-refractivity contribution < 1.29 is 5.11 Å². The molecular weight excluding hydrogens is 150 g/mol. The first kappa shape index (κ1) is 8.52. The van der Waals surface area contributed by atoms with E-state index in [0.29, 0.717) is 11.3 Å². The molecule has 1 aliphatic heterocycles. The summed E-state index contributed by atoms with van der Waals surface area (Å²) in [5.41, 5.74) is 0.572. The first-order valence-corrected chi connectivity index (χ1v) is 4.98. The van der Waals surface area contributed by atoms with Gasteiger partial charge in [-0.25, -0.2) is 0 Å². The molecule has 70 valence electrons. The molecule has 0 radical (unpaired) electrons. The van der Waals surface area contributed by atoms with E-state index in [1.807, 2.05) is 0 Å². The topological polar surface area (TPSA) is 32.3 Å². The molecule has 1 aliphatic carbocycles. The molecule has 0 bridgehead atoms. The van der Waals surface area contributed by atoms with Crippen molar-refractivity contribution in [1.82, 2.24) is 5.32 Å². The molecule has 3 atom stereocenters. The maximum Gasteiger partial charge on any atom is 0.0704 e. The Labute approximate surface area is 74.4 Å². The molecule has 0 spiro atoms. The highest BCUT2D eigenvalue weighted by Gasteiger charge is 2.47. The third kappa shape index (κ3) is 1.50. The van der Waals surface area contributed by atoms with E-state index in [1.165, 1.54) is 12.8 Å². The molecule has 1 saturated carbocycles. The molecule has 1 heterocycles. The lowest BCUT2D eigenvalue weighted by Gasteiger charge is -2.13. The van der Waals surface area contributed by atoms with E-state index in [4.69, 9.17) is 0 Å². The molecule has 2 heteroatoms. The lowest BCUT2D eigenvalue weighted by Crippen LogP contribution is -2.18. The van der Waals surface area contributed by atoms with Crippen molar-refractivity contribution in [1.29, 1.82) is 0 Å². The van der Waals surface area contributed by atoms with Crippen LogP contribution in [-0.4, -0.2) is 24.3 Å². The molecule has 3 unspecified atom stereocenters. The smallest absolute Gasteiger partial charge is 0.0704 e. The second-order valence-electron chi connectivity index (χ2n) is 5.11. The fraction of sp³-hybridized carbons (Fsp3) is 1.00. The average Bonchev–Trinajstić information content (AvgIpc) is 2.39. The Morgan fingerprint density at radius 2 is 2.08 bits per heavy atom. The largest absolute Gasteiger partial charge is 0.391 e. The first-order chi connectivity index (χ1) is 5.59. The number of nitrogens with one attached hydrogen (secondary N) is 1. The van der Waals surface area contributed by atoms with Crippen LogP contribution in [-0.2, 0) is 0 Å². The van der Waals surface area contributed by atoms with Crippen molar-refractivity contribution in [2.24, 2.45) is 17.3 Å².